The minimum atomic E-state index is -0.844. The summed E-state index contributed by atoms with van der Waals surface area (Å²) < 4.78 is 0. The predicted octanol–water partition coefficient (Wildman–Crippen LogP) is 2.49. The van der Waals surface area contributed by atoms with Gasteiger partial charge in [-0.2, -0.15) is 0 Å². The standard InChI is InChI=1S/C11H19NO2/c1-6-9(4)10(5)7-12-14-11(13)8(2)3/h6-8,11,13H,1H2,2-5H3/b10-9-,12-7+. The van der Waals surface area contributed by atoms with Gasteiger partial charge in [0.05, 0.1) is 6.21 Å². The molecule has 0 aromatic carbocycles. The average molecular weight is 197 g/mol. The SMILES string of the molecule is C=C/C(C)=C(C)\C=N\OC(O)C(C)C. The maximum atomic E-state index is 9.26. The zero-order valence-corrected chi connectivity index (χ0v) is 9.32. The van der Waals surface area contributed by atoms with Crippen molar-refractivity contribution in [2.24, 2.45) is 11.1 Å². The third-order valence-electron chi connectivity index (χ3n) is 1.91. The van der Waals surface area contributed by atoms with Crippen molar-refractivity contribution in [3.05, 3.63) is 23.8 Å². The van der Waals surface area contributed by atoms with Crippen LogP contribution in [0.3, 0.4) is 0 Å². The van der Waals surface area contributed by atoms with Gasteiger partial charge in [0, 0.05) is 5.92 Å². The molecule has 3 nitrogen and oxygen atoms in total. The fourth-order valence-electron chi connectivity index (χ4n) is 0.556. The Morgan fingerprint density at radius 3 is 2.36 bits per heavy atom. The third-order valence-corrected chi connectivity index (χ3v) is 1.91. The molecule has 0 heterocycles. The highest BCUT2D eigenvalue weighted by atomic mass is 16.7. The lowest BCUT2D eigenvalue weighted by atomic mass is 10.2. The summed E-state index contributed by atoms with van der Waals surface area (Å²) in [5.74, 6) is 0.0388. The second kappa shape index (κ2) is 6.38. The van der Waals surface area contributed by atoms with Crippen molar-refractivity contribution in [1.29, 1.82) is 0 Å². The Hall–Kier alpha value is -1.09. The van der Waals surface area contributed by atoms with Crippen LogP contribution >= 0.6 is 0 Å². The first-order chi connectivity index (χ1) is 6.49. The van der Waals surface area contributed by atoms with E-state index in [4.69, 9.17) is 4.84 Å². The van der Waals surface area contributed by atoms with Gasteiger partial charge in [-0.25, -0.2) is 0 Å². The van der Waals surface area contributed by atoms with Gasteiger partial charge in [-0.05, 0) is 25.0 Å². The summed E-state index contributed by atoms with van der Waals surface area (Å²) in [6.45, 7) is 11.2. The van der Waals surface area contributed by atoms with Crippen LogP contribution in [0.4, 0.5) is 0 Å². The molecular formula is C11H19NO2. The normalized spacial score (nSPS) is 15.6. The van der Waals surface area contributed by atoms with E-state index in [0.29, 0.717) is 0 Å². The summed E-state index contributed by atoms with van der Waals surface area (Å²) in [6.07, 6.45) is 2.48. The van der Waals surface area contributed by atoms with Crippen molar-refractivity contribution in [2.45, 2.75) is 34.0 Å². The molecule has 1 atom stereocenters. The van der Waals surface area contributed by atoms with E-state index in [0.717, 1.165) is 11.1 Å². The lowest BCUT2D eigenvalue weighted by molar-refractivity contribution is -0.124. The number of oxime groups is 1. The smallest absolute Gasteiger partial charge is 0.226 e. The van der Waals surface area contributed by atoms with Crippen molar-refractivity contribution in [2.75, 3.05) is 0 Å². The van der Waals surface area contributed by atoms with Gasteiger partial charge in [-0.1, -0.05) is 31.7 Å². The van der Waals surface area contributed by atoms with E-state index >= 15 is 0 Å². The number of rotatable bonds is 5. The molecule has 0 aromatic rings. The zero-order chi connectivity index (χ0) is 11.1. The molecule has 0 spiro atoms. The van der Waals surface area contributed by atoms with E-state index in [2.05, 4.69) is 11.7 Å². The van der Waals surface area contributed by atoms with Gasteiger partial charge in [0.15, 0.2) is 0 Å². The van der Waals surface area contributed by atoms with Crippen molar-refractivity contribution >= 4 is 6.21 Å². The maximum Gasteiger partial charge on any atom is 0.226 e. The van der Waals surface area contributed by atoms with Crippen molar-refractivity contribution < 1.29 is 9.94 Å². The number of hydrogen-bond acceptors (Lipinski definition) is 3. The number of aliphatic hydroxyl groups excluding tert-OH is 1. The molecule has 80 valence electrons. The number of hydrogen-bond donors (Lipinski definition) is 1. The van der Waals surface area contributed by atoms with Gasteiger partial charge in [0.2, 0.25) is 6.29 Å². The Morgan fingerprint density at radius 2 is 1.93 bits per heavy atom. The van der Waals surface area contributed by atoms with E-state index in [1.807, 2.05) is 27.7 Å². The summed E-state index contributed by atoms with van der Waals surface area (Å²) in [5.41, 5.74) is 2.01. The molecule has 3 heteroatoms. The van der Waals surface area contributed by atoms with Gasteiger partial charge < -0.3 is 9.94 Å². The van der Waals surface area contributed by atoms with Crippen molar-refractivity contribution in [3.8, 4) is 0 Å². The predicted molar refractivity (Wildman–Crippen MR) is 59.0 cm³/mol. The van der Waals surface area contributed by atoms with Crippen LogP contribution in [0.1, 0.15) is 27.7 Å². The molecule has 0 aliphatic carbocycles. The van der Waals surface area contributed by atoms with Crippen molar-refractivity contribution in [1.82, 2.24) is 0 Å². The van der Waals surface area contributed by atoms with Gasteiger partial charge in [-0.15, -0.1) is 0 Å². The maximum absolute atomic E-state index is 9.26. The summed E-state index contributed by atoms with van der Waals surface area (Å²) in [4.78, 5) is 4.83. The molecule has 0 aromatic heterocycles. The van der Waals surface area contributed by atoms with Gasteiger partial charge in [0.1, 0.15) is 0 Å². The van der Waals surface area contributed by atoms with Crippen LogP contribution in [0.25, 0.3) is 0 Å². The van der Waals surface area contributed by atoms with E-state index in [9.17, 15) is 5.11 Å². The second-order valence-corrected chi connectivity index (χ2v) is 3.54. The topological polar surface area (TPSA) is 41.8 Å². The highest BCUT2D eigenvalue weighted by molar-refractivity contribution is 5.78. The molecule has 0 fully saturated rings. The fraction of sp³-hybridized carbons (Fsp3) is 0.545. The fourth-order valence-corrected chi connectivity index (χ4v) is 0.556. The number of allylic oxidation sites excluding steroid dienone is 3. The second-order valence-electron chi connectivity index (χ2n) is 3.54. The quantitative estimate of drug-likeness (QED) is 0.318. The van der Waals surface area contributed by atoms with Crippen LogP contribution in [0, 0.1) is 5.92 Å². The third kappa shape index (κ3) is 4.82. The lowest BCUT2D eigenvalue weighted by Gasteiger charge is -2.10. The molecule has 0 radical (unpaired) electrons. The molecule has 0 rings (SSSR count). The largest absolute Gasteiger partial charge is 0.364 e. The first kappa shape index (κ1) is 12.9. The van der Waals surface area contributed by atoms with Crippen LogP contribution in [-0.2, 0) is 4.84 Å². The Balaban J connectivity index is 4.13. The summed E-state index contributed by atoms with van der Waals surface area (Å²) >= 11 is 0. The minimum Gasteiger partial charge on any atom is -0.364 e. The van der Waals surface area contributed by atoms with Gasteiger partial charge in [0.25, 0.3) is 0 Å². The molecule has 0 aliphatic rings. The van der Waals surface area contributed by atoms with E-state index < -0.39 is 6.29 Å². The monoisotopic (exact) mass is 197 g/mol. The lowest BCUT2D eigenvalue weighted by Crippen LogP contribution is -2.15. The van der Waals surface area contributed by atoms with Crippen LogP contribution in [-0.4, -0.2) is 17.6 Å². The average Bonchev–Trinajstić information content (AvgIpc) is 2.15. The molecular weight excluding hydrogens is 178 g/mol. The van der Waals surface area contributed by atoms with Gasteiger partial charge in [-0.3, -0.25) is 0 Å². The zero-order valence-electron chi connectivity index (χ0n) is 9.32. The minimum absolute atomic E-state index is 0.0388. The Morgan fingerprint density at radius 1 is 1.36 bits per heavy atom. The van der Waals surface area contributed by atoms with Crippen molar-refractivity contribution in [3.63, 3.8) is 0 Å². The highest BCUT2D eigenvalue weighted by Gasteiger charge is 2.08. The van der Waals surface area contributed by atoms with Gasteiger partial charge >= 0.3 is 0 Å². The highest BCUT2D eigenvalue weighted by Crippen LogP contribution is 2.04. The van der Waals surface area contributed by atoms with E-state index in [1.54, 1.807) is 12.3 Å². The molecule has 1 unspecified atom stereocenters. The van der Waals surface area contributed by atoms with Crippen LogP contribution in [0.15, 0.2) is 29.0 Å². The molecule has 14 heavy (non-hydrogen) atoms. The Kier molecular flexibility index (Phi) is 5.88. The molecule has 0 amide bonds. The number of aliphatic hydroxyl groups is 1. The first-order valence-electron chi connectivity index (χ1n) is 4.66. The summed E-state index contributed by atoms with van der Waals surface area (Å²) in [6, 6.07) is 0. The number of nitrogens with zero attached hydrogens (tertiary/aromatic N) is 1. The van der Waals surface area contributed by atoms with E-state index in [1.165, 1.54) is 0 Å². The molecule has 0 bridgehead atoms. The van der Waals surface area contributed by atoms with Crippen LogP contribution < -0.4 is 0 Å². The molecule has 0 aliphatic heterocycles. The first-order valence-corrected chi connectivity index (χ1v) is 4.66. The molecule has 1 N–H and O–H groups in total. The Labute approximate surface area is 85.8 Å². The van der Waals surface area contributed by atoms with E-state index in [-0.39, 0.29) is 5.92 Å². The summed E-state index contributed by atoms with van der Waals surface area (Å²) in [5, 5.41) is 12.9. The summed E-state index contributed by atoms with van der Waals surface area (Å²) in [7, 11) is 0. The molecule has 0 saturated carbocycles. The Bertz CT molecular complexity index is 242. The van der Waals surface area contributed by atoms with Crippen LogP contribution in [0.5, 0.6) is 0 Å². The van der Waals surface area contributed by atoms with Crippen LogP contribution in [0.2, 0.25) is 0 Å². The molecule has 0 saturated heterocycles.